The molecular weight excluding hydrogens is 483 g/mol. The van der Waals surface area contributed by atoms with Crippen LogP contribution in [0.2, 0.25) is 0 Å². The fourth-order valence-electron chi connectivity index (χ4n) is 6.94. The van der Waals surface area contributed by atoms with Gasteiger partial charge in [-0.15, -0.1) is 0 Å². The van der Waals surface area contributed by atoms with Gasteiger partial charge in [0.1, 0.15) is 0 Å². The maximum Gasteiger partial charge on any atom is 0.251 e. The van der Waals surface area contributed by atoms with Gasteiger partial charge in [-0.2, -0.15) is 0 Å². The van der Waals surface area contributed by atoms with Crippen molar-refractivity contribution in [3.05, 3.63) is 138 Å². The van der Waals surface area contributed by atoms with Gasteiger partial charge in [0.2, 0.25) is 0 Å². The summed E-state index contributed by atoms with van der Waals surface area (Å²) < 4.78 is 0. The van der Waals surface area contributed by atoms with Crippen LogP contribution >= 0.6 is 0 Å². The molecule has 0 aromatic heterocycles. The first-order chi connectivity index (χ1) is 19.7. The van der Waals surface area contributed by atoms with E-state index in [9.17, 15) is 0 Å². The number of fused-ring (bicyclic) bond motifs is 3. The number of anilines is 5. The van der Waals surface area contributed by atoms with Gasteiger partial charge < -0.3 is 9.80 Å². The van der Waals surface area contributed by atoms with Crippen LogP contribution in [0.5, 0.6) is 0 Å². The number of allylic oxidation sites excluding steroid dienone is 5. The summed E-state index contributed by atoms with van der Waals surface area (Å²) in [4.78, 5) is 4.99. The van der Waals surface area contributed by atoms with Crippen molar-refractivity contribution in [3.63, 3.8) is 0 Å². The van der Waals surface area contributed by atoms with E-state index < -0.39 is 0 Å². The molecule has 7 rings (SSSR count). The van der Waals surface area contributed by atoms with E-state index in [2.05, 4.69) is 146 Å². The lowest BCUT2D eigenvalue weighted by Crippen LogP contribution is -2.55. The number of para-hydroxylation sites is 2. The topological polar surface area (TPSA) is 6.48 Å². The Kier molecular flexibility index (Phi) is 6.23. The minimum Gasteiger partial charge on any atom is -0.315 e. The van der Waals surface area contributed by atoms with E-state index in [0.717, 1.165) is 6.42 Å². The van der Waals surface area contributed by atoms with Crippen LogP contribution in [-0.4, -0.2) is 6.71 Å². The first-order valence-corrected chi connectivity index (χ1v) is 14.7. The molecule has 0 fully saturated rings. The van der Waals surface area contributed by atoms with E-state index in [-0.39, 0.29) is 6.71 Å². The minimum atomic E-state index is 0.187. The van der Waals surface area contributed by atoms with Crippen molar-refractivity contribution >= 4 is 46.1 Å². The van der Waals surface area contributed by atoms with Crippen molar-refractivity contribution < 1.29 is 0 Å². The van der Waals surface area contributed by atoms with E-state index >= 15 is 0 Å². The molecule has 0 bridgehead atoms. The highest BCUT2D eigenvalue weighted by molar-refractivity contribution is 6.95. The Bertz CT molecular complexity index is 1660. The summed E-state index contributed by atoms with van der Waals surface area (Å²) in [5.74, 6) is 0.575. The summed E-state index contributed by atoms with van der Waals surface area (Å²) >= 11 is 0. The molecule has 0 N–H and O–H groups in total. The van der Waals surface area contributed by atoms with Crippen molar-refractivity contribution in [1.29, 1.82) is 0 Å². The largest absolute Gasteiger partial charge is 0.315 e. The first kappa shape index (κ1) is 24.8. The van der Waals surface area contributed by atoms with Crippen LogP contribution in [-0.2, 0) is 0 Å². The summed E-state index contributed by atoms with van der Waals surface area (Å²) in [6.07, 6.45) is 10.4. The van der Waals surface area contributed by atoms with Gasteiger partial charge in [-0.25, -0.2) is 0 Å². The fourth-order valence-corrected chi connectivity index (χ4v) is 6.94. The molecule has 0 amide bonds. The highest BCUT2D eigenvalue weighted by Gasteiger charge is 2.43. The fraction of sp³-hybridized carbons (Fsp3) is 0.189. The average molecular weight is 519 g/mol. The molecule has 1 unspecified atom stereocenters. The first-order valence-electron chi connectivity index (χ1n) is 14.7. The van der Waals surface area contributed by atoms with Gasteiger partial charge in [0, 0.05) is 40.6 Å². The van der Waals surface area contributed by atoms with Gasteiger partial charge in [-0.3, -0.25) is 0 Å². The molecule has 4 aromatic rings. The van der Waals surface area contributed by atoms with Crippen LogP contribution in [0.1, 0.15) is 51.5 Å². The lowest BCUT2D eigenvalue weighted by Gasteiger charge is -2.44. The number of hydrogen-bond donors (Lipinski definition) is 0. The summed E-state index contributed by atoms with van der Waals surface area (Å²) in [6.45, 7) is 7.03. The SMILES string of the molecule is CCCC(C)c1ccc(N2C3=C(C=C(C)C=CC3)B3c4ccccc4N(c4ccccc4)c4cccc2c43)cc1. The molecular formula is C37H35BN2. The van der Waals surface area contributed by atoms with Crippen LogP contribution in [0, 0.1) is 0 Å². The van der Waals surface area contributed by atoms with Gasteiger partial charge in [-0.05, 0) is 83.7 Å². The zero-order valence-corrected chi connectivity index (χ0v) is 23.6. The predicted molar refractivity (Wildman–Crippen MR) is 173 cm³/mol. The smallest absolute Gasteiger partial charge is 0.251 e. The van der Waals surface area contributed by atoms with Crippen LogP contribution in [0.15, 0.2) is 132 Å². The van der Waals surface area contributed by atoms with Crippen LogP contribution in [0.3, 0.4) is 0 Å². The highest BCUT2D eigenvalue weighted by Crippen LogP contribution is 2.45. The summed E-state index contributed by atoms with van der Waals surface area (Å²) in [5.41, 5.74) is 14.5. The third-order valence-corrected chi connectivity index (χ3v) is 8.76. The molecule has 0 spiro atoms. The lowest BCUT2D eigenvalue weighted by atomic mass is 9.32. The van der Waals surface area contributed by atoms with Crippen LogP contribution in [0.25, 0.3) is 0 Å². The van der Waals surface area contributed by atoms with Crippen molar-refractivity contribution in [1.82, 2.24) is 0 Å². The lowest BCUT2D eigenvalue weighted by molar-refractivity contribution is 0.665. The molecule has 2 nitrogen and oxygen atoms in total. The summed E-state index contributed by atoms with van der Waals surface area (Å²) in [6, 6.07) is 36.0. The maximum absolute atomic E-state index is 2.54. The molecule has 2 heterocycles. The summed E-state index contributed by atoms with van der Waals surface area (Å²) in [5, 5.41) is 0. The van der Waals surface area contributed by atoms with Crippen molar-refractivity contribution in [2.45, 2.75) is 46.0 Å². The maximum atomic E-state index is 2.54. The number of rotatable bonds is 5. The Hall–Kier alpha value is -4.24. The highest BCUT2D eigenvalue weighted by atomic mass is 15.2. The Morgan fingerprint density at radius 1 is 0.750 bits per heavy atom. The molecule has 0 saturated carbocycles. The Labute approximate surface area is 239 Å². The monoisotopic (exact) mass is 518 g/mol. The van der Waals surface area contributed by atoms with Crippen LogP contribution in [0.4, 0.5) is 28.4 Å². The summed E-state index contributed by atoms with van der Waals surface area (Å²) in [7, 11) is 0. The van der Waals surface area contributed by atoms with Gasteiger partial charge in [0.25, 0.3) is 6.71 Å². The van der Waals surface area contributed by atoms with Crippen LogP contribution < -0.4 is 20.7 Å². The van der Waals surface area contributed by atoms with E-state index in [0.29, 0.717) is 5.92 Å². The molecule has 1 aliphatic carbocycles. The quantitative estimate of drug-likeness (QED) is 0.244. The van der Waals surface area contributed by atoms with Crippen molar-refractivity contribution in [3.8, 4) is 0 Å². The Balaban J connectivity index is 1.48. The van der Waals surface area contributed by atoms with E-state index in [1.165, 1.54) is 74.5 Å². The number of nitrogens with zero attached hydrogens (tertiary/aromatic N) is 2. The van der Waals surface area contributed by atoms with Gasteiger partial charge >= 0.3 is 0 Å². The molecule has 40 heavy (non-hydrogen) atoms. The zero-order valence-electron chi connectivity index (χ0n) is 23.6. The normalized spacial score (nSPS) is 16.2. The second-order valence-electron chi connectivity index (χ2n) is 11.4. The molecule has 2 aliphatic heterocycles. The van der Waals surface area contributed by atoms with Gasteiger partial charge in [0.15, 0.2) is 0 Å². The molecule has 196 valence electrons. The van der Waals surface area contributed by atoms with E-state index in [1.807, 2.05) is 0 Å². The van der Waals surface area contributed by atoms with Gasteiger partial charge in [-0.1, -0.05) is 98.7 Å². The van der Waals surface area contributed by atoms with Crippen molar-refractivity contribution in [2.24, 2.45) is 0 Å². The molecule has 4 aromatic carbocycles. The molecule has 3 heteroatoms. The number of hydrogen-bond acceptors (Lipinski definition) is 2. The molecule has 0 saturated heterocycles. The third kappa shape index (κ3) is 3.95. The van der Waals surface area contributed by atoms with Gasteiger partial charge in [0.05, 0.1) is 0 Å². The Morgan fingerprint density at radius 2 is 1.43 bits per heavy atom. The third-order valence-electron chi connectivity index (χ3n) is 8.76. The second-order valence-corrected chi connectivity index (χ2v) is 11.4. The van der Waals surface area contributed by atoms with E-state index in [4.69, 9.17) is 0 Å². The molecule has 3 aliphatic rings. The second kappa shape index (κ2) is 10.1. The average Bonchev–Trinajstić information content (AvgIpc) is 3.18. The Morgan fingerprint density at radius 3 is 2.20 bits per heavy atom. The minimum absolute atomic E-state index is 0.187. The van der Waals surface area contributed by atoms with Crippen molar-refractivity contribution in [2.75, 3.05) is 9.80 Å². The standard InChI is InChI=1S/C37H35BN2/c1-4-12-27(3)28-21-23-30(24-22-28)40-34-18-10-13-26(2)25-32(34)38-31-16-8-9-17-33(31)39(29-14-6-5-7-15-29)35-19-11-20-36(40)37(35)38/h5-11,13-17,19-25,27H,4,12,18H2,1-3H3. The zero-order chi connectivity index (χ0) is 27.2. The number of benzene rings is 4. The predicted octanol–water partition coefficient (Wildman–Crippen LogP) is 8.83. The molecule has 1 atom stereocenters. The van der Waals surface area contributed by atoms with E-state index in [1.54, 1.807) is 0 Å². The molecule has 0 radical (unpaired) electrons.